The third-order valence-electron chi connectivity index (χ3n) is 4.67. The average Bonchev–Trinajstić information content (AvgIpc) is 2.68. The minimum absolute atomic E-state index is 0.369. The molecule has 1 saturated heterocycles. The molecular formula is C17H27BrN2. The lowest BCUT2D eigenvalue weighted by Gasteiger charge is -2.30. The molecule has 1 fully saturated rings. The van der Waals surface area contributed by atoms with Gasteiger partial charge in [0.15, 0.2) is 0 Å². The van der Waals surface area contributed by atoms with Crippen molar-refractivity contribution < 1.29 is 0 Å². The van der Waals surface area contributed by atoms with Crippen LogP contribution in [0.15, 0.2) is 28.7 Å². The fourth-order valence-electron chi connectivity index (χ4n) is 3.30. The Morgan fingerprint density at radius 2 is 1.90 bits per heavy atom. The Kier molecular flexibility index (Phi) is 6.06. The summed E-state index contributed by atoms with van der Waals surface area (Å²) in [6.45, 7) is 7.78. The van der Waals surface area contributed by atoms with E-state index in [4.69, 9.17) is 5.73 Å². The highest BCUT2D eigenvalue weighted by Crippen LogP contribution is 2.29. The Balaban J connectivity index is 2.06. The molecule has 1 aliphatic rings. The summed E-state index contributed by atoms with van der Waals surface area (Å²) in [4.78, 5) is 2.59. The first-order valence-corrected chi connectivity index (χ1v) is 8.60. The van der Waals surface area contributed by atoms with Gasteiger partial charge in [-0.3, -0.25) is 4.90 Å². The fraction of sp³-hybridized carbons (Fsp3) is 0.647. The van der Waals surface area contributed by atoms with E-state index in [9.17, 15) is 0 Å². The van der Waals surface area contributed by atoms with Crippen LogP contribution in [0.2, 0.25) is 0 Å². The number of likely N-dealkylation sites (tertiary alicyclic amines) is 1. The Morgan fingerprint density at radius 1 is 1.20 bits per heavy atom. The molecule has 0 bridgehead atoms. The van der Waals surface area contributed by atoms with Gasteiger partial charge < -0.3 is 5.73 Å². The van der Waals surface area contributed by atoms with Crippen molar-refractivity contribution in [2.75, 3.05) is 19.6 Å². The molecular weight excluding hydrogens is 312 g/mol. The summed E-state index contributed by atoms with van der Waals surface area (Å²) in [5.41, 5.74) is 7.41. The van der Waals surface area contributed by atoms with Gasteiger partial charge >= 0.3 is 0 Å². The van der Waals surface area contributed by atoms with E-state index in [1.165, 1.54) is 37.9 Å². The molecule has 0 saturated carbocycles. The molecule has 0 amide bonds. The molecule has 2 nitrogen and oxygen atoms in total. The van der Waals surface area contributed by atoms with Crippen LogP contribution in [-0.4, -0.2) is 24.5 Å². The fourth-order valence-corrected chi connectivity index (χ4v) is 3.57. The lowest BCUT2D eigenvalue weighted by atomic mass is 9.89. The summed E-state index contributed by atoms with van der Waals surface area (Å²) in [5, 5.41) is 0. The van der Waals surface area contributed by atoms with Crippen LogP contribution in [0.5, 0.6) is 0 Å². The molecule has 2 atom stereocenters. The topological polar surface area (TPSA) is 29.3 Å². The molecule has 0 spiro atoms. The first kappa shape index (κ1) is 16.0. The Hall–Kier alpha value is -0.380. The summed E-state index contributed by atoms with van der Waals surface area (Å²) >= 11 is 3.50. The molecule has 1 heterocycles. The number of rotatable bonds is 4. The molecule has 0 aliphatic carbocycles. The molecule has 2 unspecified atom stereocenters. The summed E-state index contributed by atoms with van der Waals surface area (Å²) < 4.78 is 1.13. The molecule has 2 N–H and O–H groups in total. The smallest absolute Gasteiger partial charge is 0.0470 e. The summed E-state index contributed by atoms with van der Waals surface area (Å²) in [7, 11) is 0. The predicted octanol–water partition coefficient (Wildman–Crippen LogP) is 4.21. The van der Waals surface area contributed by atoms with Crippen LogP contribution in [0, 0.1) is 11.8 Å². The number of nitrogens with zero attached hydrogens (tertiary/aromatic N) is 1. The maximum absolute atomic E-state index is 6.07. The van der Waals surface area contributed by atoms with Gasteiger partial charge in [-0.1, -0.05) is 41.9 Å². The van der Waals surface area contributed by atoms with Gasteiger partial charge in [-0.2, -0.15) is 0 Å². The van der Waals surface area contributed by atoms with Crippen molar-refractivity contribution in [1.82, 2.24) is 4.90 Å². The van der Waals surface area contributed by atoms with Gasteiger partial charge in [0.05, 0.1) is 0 Å². The van der Waals surface area contributed by atoms with Crippen molar-refractivity contribution in [3.05, 3.63) is 34.3 Å². The van der Waals surface area contributed by atoms with Crippen LogP contribution in [0.25, 0.3) is 0 Å². The highest BCUT2D eigenvalue weighted by molar-refractivity contribution is 9.10. The number of nitrogens with two attached hydrogens (primary N) is 1. The lowest BCUT2D eigenvalue weighted by molar-refractivity contribution is 0.204. The summed E-state index contributed by atoms with van der Waals surface area (Å²) in [6.07, 6.45) is 3.98. The maximum Gasteiger partial charge on any atom is 0.0470 e. The van der Waals surface area contributed by atoms with Crippen molar-refractivity contribution in [3.63, 3.8) is 0 Å². The van der Waals surface area contributed by atoms with Gasteiger partial charge in [0.2, 0.25) is 0 Å². The van der Waals surface area contributed by atoms with Gasteiger partial charge in [-0.25, -0.2) is 0 Å². The number of benzene rings is 1. The van der Waals surface area contributed by atoms with Gasteiger partial charge in [0.25, 0.3) is 0 Å². The minimum Gasteiger partial charge on any atom is -0.329 e. The second kappa shape index (κ2) is 7.58. The standard InChI is InChI=1S/C17H27BrN2/c1-13(2)14-4-3-10-20(11-9-14)17(12-19)15-5-7-16(18)8-6-15/h5-8,13-14,17H,3-4,9-12,19H2,1-2H3. The van der Waals surface area contributed by atoms with Crippen LogP contribution >= 0.6 is 15.9 Å². The van der Waals surface area contributed by atoms with E-state index in [-0.39, 0.29) is 0 Å². The summed E-state index contributed by atoms with van der Waals surface area (Å²) in [6, 6.07) is 9.01. The van der Waals surface area contributed by atoms with E-state index >= 15 is 0 Å². The van der Waals surface area contributed by atoms with Gasteiger partial charge in [-0.05, 0) is 61.9 Å². The van der Waals surface area contributed by atoms with E-state index in [0.29, 0.717) is 12.6 Å². The normalized spacial score (nSPS) is 22.8. The molecule has 1 aromatic rings. The van der Waals surface area contributed by atoms with Crippen LogP contribution < -0.4 is 5.73 Å². The second-order valence-electron chi connectivity index (χ2n) is 6.27. The van der Waals surface area contributed by atoms with Gasteiger partial charge in [-0.15, -0.1) is 0 Å². The van der Waals surface area contributed by atoms with Gasteiger partial charge in [0, 0.05) is 17.1 Å². The van der Waals surface area contributed by atoms with E-state index in [0.717, 1.165) is 16.3 Å². The van der Waals surface area contributed by atoms with Crippen molar-refractivity contribution in [2.24, 2.45) is 17.6 Å². The number of hydrogen-bond donors (Lipinski definition) is 1. The van der Waals surface area contributed by atoms with Crippen LogP contribution in [0.1, 0.15) is 44.7 Å². The zero-order valence-electron chi connectivity index (χ0n) is 12.7. The third kappa shape index (κ3) is 4.06. The lowest BCUT2D eigenvalue weighted by Crippen LogP contribution is -2.34. The zero-order chi connectivity index (χ0) is 14.5. The van der Waals surface area contributed by atoms with Crippen molar-refractivity contribution in [2.45, 2.75) is 39.2 Å². The van der Waals surface area contributed by atoms with Crippen molar-refractivity contribution in [1.29, 1.82) is 0 Å². The van der Waals surface area contributed by atoms with E-state index in [1.807, 2.05) is 0 Å². The summed E-state index contributed by atoms with van der Waals surface area (Å²) in [5.74, 6) is 1.68. The SMILES string of the molecule is CC(C)C1CCCN(C(CN)c2ccc(Br)cc2)CC1. The highest BCUT2D eigenvalue weighted by Gasteiger charge is 2.24. The predicted molar refractivity (Wildman–Crippen MR) is 89.7 cm³/mol. The van der Waals surface area contributed by atoms with E-state index in [1.54, 1.807) is 0 Å². The minimum atomic E-state index is 0.369. The Morgan fingerprint density at radius 3 is 2.50 bits per heavy atom. The molecule has 20 heavy (non-hydrogen) atoms. The van der Waals surface area contributed by atoms with Crippen LogP contribution in [-0.2, 0) is 0 Å². The second-order valence-corrected chi connectivity index (χ2v) is 7.19. The largest absolute Gasteiger partial charge is 0.329 e. The average molecular weight is 339 g/mol. The molecule has 112 valence electrons. The Bertz CT molecular complexity index is 402. The van der Waals surface area contributed by atoms with Crippen molar-refractivity contribution in [3.8, 4) is 0 Å². The molecule has 2 rings (SSSR count). The first-order valence-electron chi connectivity index (χ1n) is 7.81. The van der Waals surface area contributed by atoms with Crippen molar-refractivity contribution >= 4 is 15.9 Å². The van der Waals surface area contributed by atoms with E-state index < -0.39 is 0 Å². The molecule has 0 radical (unpaired) electrons. The quantitative estimate of drug-likeness (QED) is 0.890. The Labute approximate surface area is 131 Å². The van der Waals surface area contributed by atoms with Crippen LogP contribution in [0.4, 0.5) is 0 Å². The first-order chi connectivity index (χ1) is 9.61. The zero-order valence-corrected chi connectivity index (χ0v) is 14.3. The monoisotopic (exact) mass is 338 g/mol. The third-order valence-corrected chi connectivity index (χ3v) is 5.20. The highest BCUT2D eigenvalue weighted by atomic mass is 79.9. The van der Waals surface area contributed by atoms with E-state index in [2.05, 4.69) is 58.9 Å². The molecule has 1 aromatic carbocycles. The number of halogens is 1. The van der Waals surface area contributed by atoms with Gasteiger partial charge in [0.1, 0.15) is 0 Å². The van der Waals surface area contributed by atoms with Crippen LogP contribution in [0.3, 0.4) is 0 Å². The molecule has 3 heteroatoms. The maximum atomic E-state index is 6.07. The molecule has 0 aromatic heterocycles. The molecule has 1 aliphatic heterocycles. The number of hydrogen-bond acceptors (Lipinski definition) is 2.